The van der Waals surface area contributed by atoms with Gasteiger partial charge >= 0.3 is 0 Å². The minimum absolute atomic E-state index is 0.553. The molecule has 5 aromatic rings. The number of benzene rings is 2. The molecule has 0 amide bonds. The van der Waals surface area contributed by atoms with Crippen LogP contribution in [-0.2, 0) is 13.6 Å². The second kappa shape index (κ2) is 7.39. The van der Waals surface area contributed by atoms with E-state index in [1.807, 2.05) is 6.07 Å². The number of aryl methyl sites for hydroxylation is 4. The Morgan fingerprint density at radius 2 is 1.71 bits per heavy atom. The van der Waals surface area contributed by atoms with Gasteiger partial charge < -0.3 is 4.57 Å². The van der Waals surface area contributed by atoms with Crippen molar-refractivity contribution < 1.29 is 0 Å². The van der Waals surface area contributed by atoms with Crippen molar-refractivity contribution in [1.82, 2.24) is 39.7 Å². The van der Waals surface area contributed by atoms with Crippen LogP contribution in [0.25, 0.3) is 45.3 Å². The molecule has 0 aliphatic rings. The molecule has 0 spiro atoms. The number of tetrazole rings is 1. The number of fused-ring (bicyclic) bond motifs is 1. The predicted octanol–water partition coefficient (Wildman–Crippen LogP) is 3.99. The highest BCUT2D eigenvalue weighted by Gasteiger charge is 2.19. The first-order chi connectivity index (χ1) is 15.1. The molecule has 0 aliphatic carbocycles. The van der Waals surface area contributed by atoms with Crippen molar-refractivity contribution in [3.63, 3.8) is 0 Å². The van der Waals surface area contributed by atoms with Crippen LogP contribution in [0.15, 0.2) is 48.7 Å². The molecule has 0 N–H and O–H groups in total. The molecule has 31 heavy (non-hydrogen) atoms. The van der Waals surface area contributed by atoms with Crippen molar-refractivity contribution in [2.24, 2.45) is 7.05 Å². The third-order valence-electron chi connectivity index (χ3n) is 5.46. The van der Waals surface area contributed by atoms with Crippen LogP contribution in [0.2, 0.25) is 0 Å². The van der Waals surface area contributed by atoms with E-state index in [1.54, 1.807) is 17.9 Å². The number of hydrogen-bond acceptors (Lipinski definition) is 6. The van der Waals surface area contributed by atoms with Gasteiger partial charge in [0.1, 0.15) is 11.5 Å². The van der Waals surface area contributed by atoms with Gasteiger partial charge in [0.2, 0.25) is 5.82 Å². The average molecular weight is 410 g/mol. The van der Waals surface area contributed by atoms with Gasteiger partial charge in [-0.15, -0.1) is 5.10 Å². The third-order valence-corrected chi connectivity index (χ3v) is 5.46. The van der Waals surface area contributed by atoms with E-state index in [0.717, 1.165) is 29.1 Å². The molecule has 0 saturated carbocycles. The molecular weight excluding hydrogens is 388 g/mol. The van der Waals surface area contributed by atoms with E-state index in [-0.39, 0.29) is 0 Å². The summed E-state index contributed by atoms with van der Waals surface area (Å²) in [5.74, 6) is 1.40. The van der Waals surface area contributed by atoms with E-state index in [2.05, 4.69) is 82.2 Å². The molecule has 0 atom stereocenters. The standard InChI is InChI=1S/C23H22N8/c1-5-31-21(18-9-7-6-8-17(18)16-11-10-14(2)12-15(16)3)26-20-23(31)24-13-19(25-20)22-27-28-29-30(22)4/h6-13H,5H2,1-4H3. The van der Waals surface area contributed by atoms with Crippen molar-refractivity contribution >= 4 is 11.3 Å². The zero-order chi connectivity index (χ0) is 21.5. The second-order valence-electron chi connectivity index (χ2n) is 7.57. The average Bonchev–Trinajstić information content (AvgIpc) is 3.36. The summed E-state index contributed by atoms with van der Waals surface area (Å²) < 4.78 is 3.67. The maximum absolute atomic E-state index is 4.90. The minimum atomic E-state index is 0.553. The highest BCUT2D eigenvalue weighted by Crippen LogP contribution is 2.35. The summed E-state index contributed by atoms with van der Waals surface area (Å²) in [4.78, 5) is 14.3. The van der Waals surface area contributed by atoms with Crippen molar-refractivity contribution in [2.45, 2.75) is 27.3 Å². The lowest BCUT2D eigenvalue weighted by Crippen LogP contribution is -2.01. The molecule has 0 saturated heterocycles. The quantitative estimate of drug-likeness (QED) is 0.445. The molecule has 8 nitrogen and oxygen atoms in total. The molecule has 3 heterocycles. The zero-order valence-corrected chi connectivity index (χ0v) is 17.9. The molecular formula is C23H22N8. The van der Waals surface area contributed by atoms with Gasteiger partial charge in [0.25, 0.3) is 0 Å². The smallest absolute Gasteiger partial charge is 0.202 e. The molecule has 2 aromatic carbocycles. The summed E-state index contributed by atoms with van der Waals surface area (Å²) in [6.45, 7) is 7.08. The SMILES string of the molecule is CCn1c(-c2ccccc2-c2ccc(C)cc2C)nc2nc(-c3nnnn3C)cnc21. The van der Waals surface area contributed by atoms with Crippen molar-refractivity contribution in [1.29, 1.82) is 0 Å². The Morgan fingerprint density at radius 3 is 2.42 bits per heavy atom. The number of rotatable bonds is 4. The van der Waals surface area contributed by atoms with Gasteiger partial charge in [-0.2, -0.15) is 0 Å². The van der Waals surface area contributed by atoms with E-state index in [9.17, 15) is 0 Å². The van der Waals surface area contributed by atoms with Crippen molar-refractivity contribution in [3.8, 4) is 34.0 Å². The fourth-order valence-corrected chi connectivity index (χ4v) is 3.99. The van der Waals surface area contributed by atoms with Gasteiger partial charge in [-0.3, -0.25) is 0 Å². The Morgan fingerprint density at radius 1 is 0.903 bits per heavy atom. The fourth-order valence-electron chi connectivity index (χ4n) is 3.99. The summed E-state index contributed by atoms with van der Waals surface area (Å²) in [5.41, 5.74) is 7.79. The Bertz CT molecular complexity index is 1410. The second-order valence-corrected chi connectivity index (χ2v) is 7.57. The third kappa shape index (κ3) is 3.16. The van der Waals surface area contributed by atoms with Crippen LogP contribution in [0, 0.1) is 13.8 Å². The van der Waals surface area contributed by atoms with Gasteiger partial charge in [0, 0.05) is 19.2 Å². The molecule has 0 radical (unpaired) electrons. The van der Waals surface area contributed by atoms with Crippen molar-refractivity contribution in [2.75, 3.05) is 0 Å². The molecule has 5 rings (SSSR count). The molecule has 154 valence electrons. The first kappa shape index (κ1) is 19.0. The van der Waals surface area contributed by atoms with Crippen molar-refractivity contribution in [3.05, 3.63) is 59.8 Å². The molecule has 0 bridgehead atoms. The van der Waals surface area contributed by atoms with Crippen LogP contribution < -0.4 is 0 Å². The molecule has 3 aromatic heterocycles. The van der Waals surface area contributed by atoms with E-state index in [0.29, 0.717) is 17.2 Å². The topological polar surface area (TPSA) is 87.2 Å². The van der Waals surface area contributed by atoms with Gasteiger partial charge in [-0.05, 0) is 47.9 Å². The Balaban J connectivity index is 1.72. The molecule has 0 aliphatic heterocycles. The summed E-state index contributed by atoms with van der Waals surface area (Å²) in [6.07, 6.45) is 1.70. The number of imidazole rings is 1. The normalized spacial score (nSPS) is 11.4. The minimum Gasteiger partial charge on any atom is -0.308 e. The highest BCUT2D eigenvalue weighted by atomic mass is 15.5. The molecule has 0 unspecified atom stereocenters. The van der Waals surface area contributed by atoms with E-state index < -0.39 is 0 Å². The van der Waals surface area contributed by atoms with Gasteiger partial charge in [-0.1, -0.05) is 48.0 Å². The van der Waals surface area contributed by atoms with E-state index in [1.165, 1.54) is 16.7 Å². The van der Waals surface area contributed by atoms with E-state index >= 15 is 0 Å². The monoisotopic (exact) mass is 410 g/mol. The lowest BCUT2D eigenvalue weighted by atomic mass is 9.94. The maximum atomic E-state index is 4.90. The largest absolute Gasteiger partial charge is 0.308 e. The fraction of sp³-hybridized carbons (Fsp3) is 0.217. The number of hydrogen-bond donors (Lipinski definition) is 0. The van der Waals surface area contributed by atoms with Crippen LogP contribution >= 0.6 is 0 Å². The Labute approximate surface area is 179 Å². The van der Waals surface area contributed by atoms with Crippen LogP contribution in [0.4, 0.5) is 0 Å². The van der Waals surface area contributed by atoms with Gasteiger partial charge in [0.15, 0.2) is 11.3 Å². The number of aromatic nitrogens is 8. The highest BCUT2D eigenvalue weighted by molar-refractivity contribution is 5.85. The Hall–Kier alpha value is -3.94. The first-order valence-electron chi connectivity index (χ1n) is 10.2. The van der Waals surface area contributed by atoms with Gasteiger partial charge in [0.05, 0.1) is 6.20 Å². The van der Waals surface area contributed by atoms with Crippen LogP contribution in [0.5, 0.6) is 0 Å². The summed E-state index contributed by atoms with van der Waals surface area (Å²) in [7, 11) is 1.78. The van der Waals surface area contributed by atoms with Gasteiger partial charge in [-0.25, -0.2) is 19.6 Å². The summed E-state index contributed by atoms with van der Waals surface area (Å²) in [6, 6.07) is 14.9. The first-order valence-corrected chi connectivity index (χ1v) is 10.2. The Kier molecular flexibility index (Phi) is 4.54. The summed E-state index contributed by atoms with van der Waals surface area (Å²) in [5, 5.41) is 11.6. The predicted molar refractivity (Wildman–Crippen MR) is 119 cm³/mol. The van der Waals surface area contributed by atoms with Crippen LogP contribution in [-0.4, -0.2) is 39.7 Å². The lowest BCUT2D eigenvalue weighted by Gasteiger charge is -2.13. The summed E-state index contributed by atoms with van der Waals surface area (Å²) >= 11 is 0. The number of nitrogens with zero attached hydrogens (tertiary/aromatic N) is 8. The molecule has 0 fully saturated rings. The van der Waals surface area contributed by atoms with E-state index in [4.69, 9.17) is 9.97 Å². The van der Waals surface area contributed by atoms with Crippen LogP contribution in [0.3, 0.4) is 0 Å². The molecule has 8 heteroatoms. The maximum Gasteiger partial charge on any atom is 0.202 e. The lowest BCUT2D eigenvalue weighted by molar-refractivity contribution is 0.713. The zero-order valence-electron chi connectivity index (χ0n) is 17.9. The van der Waals surface area contributed by atoms with Crippen LogP contribution in [0.1, 0.15) is 18.1 Å².